The van der Waals surface area contributed by atoms with Crippen LogP contribution in [0.2, 0.25) is 0 Å². The summed E-state index contributed by atoms with van der Waals surface area (Å²) in [6.07, 6.45) is 6.48. The van der Waals surface area contributed by atoms with Crippen molar-refractivity contribution in [2.45, 2.75) is 47.0 Å². The summed E-state index contributed by atoms with van der Waals surface area (Å²) < 4.78 is 1.87. The van der Waals surface area contributed by atoms with Crippen LogP contribution in [0.15, 0.2) is 24.5 Å². The third kappa shape index (κ3) is 3.67. The molecule has 152 valence electrons. The minimum absolute atomic E-state index is 0.204. The topological polar surface area (TPSA) is 89.5 Å². The Hall–Kier alpha value is -2.67. The van der Waals surface area contributed by atoms with Crippen LogP contribution in [0.25, 0.3) is 5.65 Å². The van der Waals surface area contributed by atoms with Crippen LogP contribution in [-0.2, 0) is 12.8 Å². The number of carbonyl (C=O) groups excluding carboxylic acids is 2. The van der Waals surface area contributed by atoms with E-state index in [1.54, 1.807) is 12.1 Å². The second-order valence-electron chi connectivity index (χ2n) is 8.90. The van der Waals surface area contributed by atoms with Gasteiger partial charge < -0.3 is 15.5 Å². The molecule has 0 aliphatic heterocycles. The van der Waals surface area contributed by atoms with Crippen molar-refractivity contribution in [2.24, 2.45) is 17.1 Å². The number of aryl methyl sites for hydroxylation is 1. The normalized spacial score (nSPS) is 16.6. The zero-order valence-electron chi connectivity index (χ0n) is 17.2. The highest BCUT2D eigenvalue weighted by atomic mass is 32.1. The van der Waals surface area contributed by atoms with Gasteiger partial charge in [0.25, 0.3) is 11.8 Å². The second kappa shape index (κ2) is 6.99. The minimum atomic E-state index is -0.480. The third-order valence-corrected chi connectivity index (χ3v) is 6.98. The van der Waals surface area contributed by atoms with E-state index in [9.17, 15) is 9.59 Å². The fourth-order valence-electron chi connectivity index (χ4n) is 4.10. The number of anilines is 1. The monoisotopic (exact) mass is 410 g/mol. The maximum atomic E-state index is 12.9. The van der Waals surface area contributed by atoms with E-state index in [1.165, 1.54) is 16.2 Å². The highest BCUT2D eigenvalue weighted by Crippen LogP contribution is 2.44. The van der Waals surface area contributed by atoms with Crippen LogP contribution in [0, 0.1) is 18.3 Å². The summed E-state index contributed by atoms with van der Waals surface area (Å²) in [5.41, 5.74) is 9.49. The zero-order valence-corrected chi connectivity index (χ0v) is 18.0. The van der Waals surface area contributed by atoms with Crippen LogP contribution in [0.3, 0.4) is 0 Å². The fourth-order valence-corrected chi connectivity index (χ4v) is 5.43. The number of rotatable bonds is 3. The molecule has 4 rings (SSSR count). The van der Waals surface area contributed by atoms with Gasteiger partial charge in [-0.25, -0.2) is 4.98 Å². The van der Waals surface area contributed by atoms with Crippen LogP contribution >= 0.6 is 11.3 Å². The molecule has 1 aliphatic carbocycles. The lowest BCUT2D eigenvalue weighted by Gasteiger charge is -2.33. The smallest absolute Gasteiger partial charge is 0.256 e. The first-order chi connectivity index (χ1) is 13.6. The van der Waals surface area contributed by atoms with Crippen LogP contribution in [-0.4, -0.2) is 21.2 Å². The molecule has 0 saturated carbocycles. The molecule has 7 heteroatoms. The van der Waals surface area contributed by atoms with E-state index in [-0.39, 0.29) is 11.3 Å². The molecule has 1 unspecified atom stereocenters. The van der Waals surface area contributed by atoms with Crippen molar-refractivity contribution in [3.8, 4) is 0 Å². The zero-order chi connectivity index (χ0) is 20.9. The van der Waals surface area contributed by atoms with E-state index >= 15 is 0 Å². The van der Waals surface area contributed by atoms with E-state index in [0.717, 1.165) is 30.5 Å². The Morgan fingerprint density at radius 3 is 2.79 bits per heavy atom. The van der Waals surface area contributed by atoms with Gasteiger partial charge in [0.05, 0.1) is 11.3 Å². The molecule has 1 atom stereocenters. The van der Waals surface area contributed by atoms with Crippen molar-refractivity contribution < 1.29 is 9.59 Å². The predicted molar refractivity (Wildman–Crippen MR) is 116 cm³/mol. The molecule has 1 aliphatic rings. The highest BCUT2D eigenvalue weighted by molar-refractivity contribution is 7.17. The quantitative estimate of drug-likeness (QED) is 0.678. The summed E-state index contributed by atoms with van der Waals surface area (Å²) in [5, 5.41) is 3.49. The molecule has 0 bridgehead atoms. The van der Waals surface area contributed by atoms with Gasteiger partial charge in [-0.3, -0.25) is 9.59 Å². The Morgan fingerprint density at radius 1 is 1.34 bits per heavy atom. The molecule has 29 heavy (non-hydrogen) atoms. The van der Waals surface area contributed by atoms with E-state index in [4.69, 9.17) is 5.73 Å². The standard InChI is InChI=1S/C22H26N4O2S/c1-12-11-26-8-7-13(9-17(26)24-12)20(28)25-21-18(19(23)27)15-6-5-14(22(2,3)4)10-16(15)29-21/h7-9,11,14H,5-6,10H2,1-4H3,(H2,23,27)(H,25,28). The number of nitrogens with one attached hydrogen (secondary N) is 1. The number of hydrogen-bond donors (Lipinski definition) is 2. The SMILES string of the molecule is Cc1cn2ccc(C(=O)Nc3sc4c(c3C(N)=O)CCC(C(C)(C)C)C4)cc2n1. The molecular formula is C22H26N4O2S. The molecule has 3 aromatic rings. The molecule has 0 fully saturated rings. The van der Waals surface area contributed by atoms with Crippen molar-refractivity contribution in [1.29, 1.82) is 0 Å². The molecule has 3 aromatic heterocycles. The maximum absolute atomic E-state index is 12.9. The highest BCUT2D eigenvalue weighted by Gasteiger charge is 2.33. The second-order valence-corrected chi connectivity index (χ2v) is 10.0. The van der Waals surface area contributed by atoms with Crippen molar-refractivity contribution >= 4 is 33.8 Å². The fraction of sp³-hybridized carbons (Fsp3) is 0.409. The van der Waals surface area contributed by atoms with Crippen molar-refractivity contribution in [2.75, 3.05) is 5.32 Å². The van der Waals surface area contributed by atoms with Crippen LogP contribution in [0.1, 0.15) is 64.0 Å². The number of amides is 2. The Balaban J connectivity index is 1.65. The van der Waals surface area contributed by atoms with Crippen LogP contribution in [0.5, 0.6) is 0 Å². The van der Waals surface area contributed by atoms with E-state index < -0.39 is 5.91 Å². The lowest BCUT2D eigenvalue weighted by molar-refractivity contribution is 0.1000. The first kappa shape index (κ1) is 19.6. The number of carbonyl (C=O) groups is 2. The largest absolute Gasteiger partial charge is 0.365 e. The van der Waals surface area contributed by atoms with Gasteiger partial charge in [-0.05, 0) is 55.2 Å². The number of aromatic nitrogens is 2. The molecule has 6 nitrogen and oxygen atoms in total. The van der Waals surface area contributed by atoms with Crippen molar-refractivity contribution in [3.05, 3.63) is 51.8 Å². The number of primary amides is 1. The van der Waals surface area contributed by atoms with E-state index in [1.807, 2.05) is 23.7 Å². The summed E-state index contributed by atoms with van der Waals surface area (Å²) >= 11 is 1.49. The first-order valence-corrected chi connectivity index (χ1v) is 10.7. The van der Waals surface area contributed by atoms with Gasteiger partial charge in [-0.2, -0.15) is 0 Å². The van der Waals surface area contributed by atoms with Gasteiger partial charge in [0.2, 0.25) is 0 Å². The van der Waals surface area contributed by atoms with E-state index in [2.05, 4.69) is 31.1 Å². The molecule has 0 spiro atoms. The molecule has 0 saturated heterocycles. The number of imidazole rings is 1. The van der Waals surface area contributed by atoms with Gasteiger partial charge >= 0.3 is 0 Å². The Labute approximate surface area is 174 Å². The molecular weight excluding hydrogens is 384 g/mol. The number of pyridine rings is 1. The number of nitrogens with two attached hydrogens (primary N) is 1. The number of fused-ring (bicyclic) bond motifs is 2. The lowest BCUT2D eigenvalue weighted by atomic mass is 9.72. The van der Waals surface area contributed by atoms with Crippen LogP contribution in [0.4, 0.5) is 5.00 Å². The lowest BCUT2D eigenvalue weighted by Crippen LogP contribution is -2.27. The molecule has 2 amide bonds. The first-order valence-electron chi connectivity index (χ1n) is 9.84. The number of hydrogen-bond acceptors (Lipinski definition) is 4. The number of nitrogens with zero attached hydrogens (tertiary/aromatic N) is 2. The third-order valence-electron chi connectivity index (χ3n) is 5.81. The number of thiophene rings is 1. The summed E-state index contributed by atoms with van der Waals surface area (Å²) in [7, 11) is 0. The maximum Gasteiger partial charge on any atom is 0.256 e. The van der Waals surface area contributed by atoms with Gasteiger partial charge in [0.1, 0.15) is 10.6 Å². The average Bonchev–Trinajstić information content (AvgIpc) is 3.18. The summed E-state index contributed by atoms with van der Waals surface area (Å²) in [5.74, 6) is -0.197. The van der Waals surface area contributed by atoms with Gasteiger partial charge in [-0.15, -0.1) is 11.3 Å². The predicted octanol–water partition coefficient (Wildman–Crippen LogP) is 4.21. The van der Waals surface area contributed by atoms with Crippen molar-refractivity contribution in [3.63, 3.8) is 0 Å². The molecule has 3 N–H and O–H groups in total. The van der Waals surface area contributed by atoms with Crippen LogP contribution < -0.4 is 11.1 Å². The summed E-state index contributed by atoms with van der Waals surface area (Å²) in [6, 6.07) is 3.49. The van der Waals surface area contributed by atoms with Gasteiger partial charge in [0, 0.05) is 22.8 Å². The molecule has 0 aromatic carbocycles. The summed E-state index contributed by atoms with van der Waals surface area (Å²) in [4.78, 5) is 30.6. The van der Waals surface area contributed by atoms with Gasteiger partial charge in [0.15, 0.2) is 0 Å². The Bertz CT molecular complexity index is 1120. The Morgan fingerprint density at radius 2 is 2.10 bits per heavy atom. The summed E-state index contributed by atoms with van der Waals surface area (Å²) in [6.45, 7) is 8.66. The average molecular weight is 411 g/mol. The molecule has 3 heterocycles. The Kier molecular flexibility index (Phi) is 4.73. The molecule has 0 radical (unpaired) electrons. The van der Waals surface area contributed by atoms with Crippen molar-refractivity contribution in [1.82, 2.24) is 9.38 Å². The minimum Gasteiger partial charge on any atom is -0.365 e. The van der Waals surface area contributed by atoms with E-state index in [0.29, 0.717) is 27.7 Å². The van der Waals surface area contributed by atoms with Gasteiger partial charge in [-0.1, -0.05) is 20.8 Å².